The number of Topliss-reactive ketones (excluding diaryl/α,β-unsaturated/α-hetero) is 1. The number of carbonyl (C=O) groups is 6. The molecule has 0 bridgehead atoms. The molecule has 1 heterocycles. The largest absolute Gasteiger partial charge is 0.370 e. The van der Waals surface area contributed by atoms with Crippen LogP contribution in [0.3, 0.4) is 0 Å². The second-order valence-corrected chi connectivity index (χ2v) is 12.4. The molecule has 13 N–H and O–H groups in total. The number of amides is 5. The van der Waals surface area contributed by atoms with E-state index in [4.69, 9.17) is 22.9 Å². The molecule has 1 aromatic carbocycles. The molecular formula is C30H47N11O6S. The molecule has 0 aliphatic carbocycles. The number of guanidine groups is 1. The molecule has 18 heteroatoms. The zero-order valence-corrected chi connectivity index (χ0v) is 28.3. The van der Waals surface area contributed by atoms with Crippen LogP contribution in [-0.4, -0.2) is 97.6 Å². The Bertz CT molecular complexity index is 1470. The van der Waals surface area contributed by atoms with Gasteiger partial charge in [-0.25, -0.2) is 4.98 Å². The van der Waals surface area contributed by atoms with Gasteiger partial charge in [0, 0.05) is 12.1 Å². The molecule has 0 aliphatic heterocycles. The number of unbranched alkanes of at least 4 members (excludes halogenated alkanes) is 1. The molecule has 0 saturated carbocycles. The summed E-state index contributed by atoms with van der Waals surface area (Å²) in [6.07, 6.45) is 2.08. The fraction of sp³-hybridized carbons (Fsp3) is 0.533. The van der Waals surface area contributed by atoms with Crippen LogP contribution in [0.15, 0.2) is 23.2 Å². The predicted molar refractivity (Wildman–Crippen MR) is 183 cm³/mol. The van der Waals surface area contributed by atoms with Gasteiger partial charge in [-0.3, -0.25) is 33.8 Å². The van der Waals surface area contributed by atoms with E-state index in [0.29, 0.717) is 42.4 Å². The van der Waals surface area contributed by atoms with E-state index in [1.165, 1.54) is 6.07 Å². The molecule has 2 rings (SSSR count). The summed E-state index contributed by atoms with van der Waals surface area (Å²) in [5.74, 6) is -3.56. The summed E-state index contributed by atoms with van der Waals surface area (Å²) in [5.41, 5.74) is 22.5. The van der Waals surface area contributed by atoms with Crippen molar-refractivity contribution in [1.82, 2.24) is 31.6 Å². The molecule has 3 unspecified atom stereocenters. The Balaban J connectivity index is 2.19. The Hall–Kier alpha value is -4.68. The third-order valence-corrected chi connectivity index (χ3v) is 8.11. The highest BCUT2D eigenvalue weighted by Gasteiger charge is 2.27. The van der Waals surface area contributed by atoms with Crippen molar-refractivity contribution in [3.05, 3.63) is 28.8 Å². The highest BCUT2D eigenvalue weighted by molar-refractivity contribution is 7.20. The van der Waals surface area contributed by atoms with Crippen LogP contribution < -0.4 is 49.5 Å². The lowest BCUT2D eigenvalue weighted by atomic mass is 10.0. The first-order valence-electron chi connectivity index (χ1n) is 15.6. The van der Waals surface area contributed by atoms with Gasteiger partial charge in [-0.15, -0.1) is 11.3 Å². The fourth-order valence-electron chi connectivity index (χ4n) is 4.59. The van der Waals surface area contributed by atoms with Crippen molar-refractivity contribution in [2.24, 2.45) is 33.8 Å². The van der Waals surface area contributed by atoms with Crippen LogP contribution >= 0.6 is 11.3 Å². The van der Waals surface area contributed by atoms with E-state index < -0.39 is 54.1 Å². The van der Waals surface area contributed by atoms with Crippen LogP contribution in [0.4, 0.5) is 0 Å². The van der Waals surface area contributed by atoms with Gasteiger partial charge in [-0.2, -0.15) is 0 Å². The quantitative estimate of drug-likeness (QED) is 0.0305. The third-order valence-electron chi connectivity index (χ3n) is 7.08. The lowest BCUT2D eigenvalue weighted by Crippen LogP contribution is -2.51. The number of benzene rings is 1. The number of likely N-dealkylation sites (N-methyl/N-ethyl adjacent to an activating group) is 1. The Morgan fingerprint density at radius 2 is 1.56 bits per heavy atom. The highest BCUT2D eigenvalue weighted by Crippen LogP contribution is 2.25. The number of hydrogen-bond acceptors (Lipinski definition) is 11. The molecule has 17 nitrogen and oxygen atoms in total. The minimum Gasteiger partial charge on any atom is -0.370 e. The van der Waals surface area contributed by atoms with Crippen molar-refractivity contribution in [2.75, 3.05) is 33.2 Å². The Kier molecular flexibility index (Phi) is 16.3. The first kappa shape index (κ1) is 39.5. The van der Waals surface area contributed by atoms with Crippen molar-refractivity contribution in [1.29, 1.82) is 0 Å². The summed E-state index contributed by atoms with van der Waals surface area (Å²) in [4.78, 5) is 84.5. The summed E-state index contributed by atoms with van der Waals surface area (Å²) < 4.78 is 0.532. The fourth-order valence-corrected chi connectivity index (χ4v) is 5.59. The second kappa shape index (κ2) is 19.9. The summed E-state index contributed by atoms with van der Waals surface area (Å²) in [7, 11) is 1.60. The molecular weight excluding hydrogens is 642 g/mol. The van der Waals surface area contributed by atoms with Gasteiger partial charge in [0.15, 0.2) is 11.0 Å². The number of fused-ring (bicyclic) bond motifs is 1. The SMILES string of the molecule is CNCC(=O)NC(CCCCN)C(=O)NCC(=O)NC(CCCN=C(N)N)C(=O)c1nc2ccc(C(=O)NC(C(N)=O)C(C)C)cc2s1. The smallest absolute Gasteiger partial charge is 0.251 e. The zero-order valence-electron chi connectivity index (χ0n) is 27.5. The lowest BCUT2D eigenvalue weighted by Gasteiger charge is -2.20. The van der Waals surface area contributed by atoms with E-state index in [0.717, 1.165) is 11.3 Å². The maximum absolute atomic E-state index is 13.6. The topological polar surface area (TPSA) is 292 Å². The summed E-state index contributed by atoms with van der Waals surface area (Å²) in [6.45, 7) is 3.71. The van der Waals surface area contributed by atoms with Gasteiger partial charge in [-0.05, 0) is 69.8 Å². The lowest BCUT2D eigenvalue weighted by molar-refractivity contribution is -0.130. The van der Waals surface area contributed by atoms with Gasteiger partial charge in [0.2, 0.25) is 29.4 Å². The number of nitrogens with one attached hydrogen (secondary N) is 5. The standard InChI is InChI=1S/C30H47N11O6S/c1-16(2)24(26(32)45)41-27(46)17-9-10-18-21(13-17)48-29(40-18)25(44)19(8-6-12-36-30(33)34)38-23(43)15-37-28(47)20(7-4-5-11-31)39-22(42)14-35-3/h9-10,13,16,19-20,24,35H,4-8,11-12,14-15,31H2,1-3H3,(H2,32,45)(H,37,47)(H,38,43)(H,39,42)(H,41,46)(H4,33,34,36). The number of hydrogen-bond donors (Lipinski definition) is 9. The maximum Gasteiger partial charge on any atom is 0.251 e. The van der Waals surface area contributed by atoms with Crippen LogP contribution in [0, 0.1) is 5.92 Å². The summed E-state index contributed by atoms with van der Waals surface area (Å²) >= 11 is 1.03. The molecule has 0 radical (unpaired) electrons. The number of ketones is 1. The number of nitrogens with zero attached hydrogens (tertiary/aromatic N) is 2. The minimum absolute atomic E-state index is 0.0129. The van der Waals surface area contributed by atoms with Crippen LogP contribution in [0.2, 0.25) is 0 Å². The molecule has 5 amide bonds. The Labute approximate surface area is 282 Å². The van der Waals surface area contributed by atoms with Crippen LogP contribution in [-0.2, 0) is 19.2 Å². The van der Waals surface area contributed by atoms with Gasteiger partial charge in [0.25, 0.3) is 5.91 Å². The summed E-state index contributed by atoms with van der Waals surface area (Å²) in [5, 5.41) is 13.3. The van der Waals surface area contributed by atoms with Crippen LogP contribution in [0.1, 0.15) is 66.1 Å². The normalized spacial score (nSPS) is 12.9. The number of nitrogens with two attached hydrogens (primary N) is 4. The van der Waals surface area contributed by atoms with Crippen LogP contribution in [0.25, 0.3) is 10.2 Å². The third kappa shape index (κ3) is 12.8. The summed E-state index contributed by atoms with van der Waals surface area (Å²) in [6, 6.07) is 1.88. The van der Waals surface area contributed by atoms with Gasteiger partial charge >= 0.3 is 0 Å². The van der Waals surface area contributed by atoms with E-state index in [1.807, 2.05) is 0 Å². The van der Waals surface area contributed by atoms with Crippen molar-refractivity contribution in [2.45, 2.75) is 64.1 Å². The van der Waals surface area contributed by atoms with Gasteiger partial charge in [0.1, 0.15) is 12.1 Å². The molecule has 264 valence electrons. The van der Waals surface area contributed by atoms with E-state index in [9.17, 15) is 28.8 Å². The first-order chi connectivity index (χ1) is 22.8. The molecule has 1 aromatic heterocycles. The zero-order chi connectivity index (χ0) is 35.8. The highest BCUT2D eigenvalue weighted by atomic mass is 32.1. The predicted octanol–water partition coefficient (Wildman–Crippen LogP) is -1.79. The average Bonchev–Trinajstić information content (AvgIpc) is 3.46. The molecule has 0 saturated heterocycles. The molecule has 0 fully saturated rings. The maximum atomic E-state index is 13.6. The van der Waals surface area contributed by atoms with E-state index in [1.54, 1.807) is 33.0 Å². The van der Waals surface area contributed by atoms with E-state index >= 15 is 0 Å². The molecule has 2 aromatic rings. The van der Waals surface area contributed by atoms with Gasteiger partial charge in [-0.1, -0.05) is 13.8 Å². The molecule has 0 aliphatic rings. The van der Waals surface area contributed by atoms with Crippen molar-refractivity contribution in [3.8, 4) is 0 Å². The molecule has 3 atom stereocenters. The second-order valence-electron chi connectivity index (χ2n) is 11.4. The van der Waals surface area contributed by atoms with Crippen LogP contribution in [0.5, 0.6) is 0 Å². The van der Waals surface area contributed by atoms with E-state index in [2.05, 4.69) is 36.6 Å². The molecule has 0 spiro atoms. The Morgan fingerprint density at radius 3 is 2.19 bits per heavy atom. The van der Waals surface area contributed by atoms with Crippen molar-refractivity contribution >= 4 is 62.8 Å². The van der Waals surface area contributed by atoms with Crippen molar-refractivity contribution < 1.29 is 28.8 Å². The average molecular weight is 690 g/mol. The number of aliphatic imine (C=N–C) groups is 1. The monoisotopic (exact) mass is 689 g/mol. The van der Waals surface area contributed by atoms with E-state index in [-0.39, 0.29) is 47.9 Å². The number of carbonyl (C=O) groups excluding carboxylic acids is 6. The molecule has 48 heavy (non-hydrogen) atoms. The number of aromatic nitrogens is 1. The Morgan fingerprint density at radius 1 is 0.896 bits per heavy atom. The van der Waals surface area contributed by atoms with Gasteiger partial charge < -0.3 is 49.5 Å². The minimum atomic E-state index is -1.04. The number of thiazole rings is 1. The van der Waals surface area contributed by atoms with Crippen molar-refractivity contribution in [3.63, 3.8) is 0 Å². The number of rotatable bonds is 21. The first-order valence-corrected chi connectivity index (χ1v) is 16.4. The number of primary amides is 1. The van der Waals surface area contributed by atoms with Gasteiger partial charge in [0.05, 0.1) is 29.3 Å².